The summed E-state index contributed by atoms with van der Waals surface area (Å²) < 4.78 is 94.4. The number of nitrogens with one attached hydrogen (secondary N) is 3. The molecule has 0 bridgehead atoms. The summed E-state index contributed by atoms with van der Waals surface area (Å²) in [5, 5.41) is 8.86. The van der Waals surface area contributed by atoms with Crippen LogP contribution in [0.5, 0.6) is 0 Å². The van der Waals surface area contributed by atoms with Gasteiger partial charge in [0.05, 0.1) is 38.0 Å². The van der Waals surface area contributed by atoms with Crippen LogP contribution >= 0.6 is 23.2 Å². The minimum Gasteiger partial charge on any atom is -0.368 e. The van der Waals surface area contributed by atoms with Gasteiger partial charge in [-0.15, -0.1) is 0 Å². The van der Waals surface area contributed by atoms with E-state index in [-0.39, 0.29) is 46.2 Å². The summed E-state index contributed by atoms with van der Waals surface area (Å²) in [6, 6.07) is 8.75. The first-order valence-electron chi connectivity index (χ1n) is 14.1. The van der Waals surface area contributed by atoms with Crippen LogP contribution in [-0.2, 0) is 20.7 Å². The molecule has 240 valence electrons. The number of ether oxygens (including phenoxy) is 2. The van der Waals surface area contributed by atoms with Gasteiger partial charge in [0, 0.05) is 32.5 Å². The van der Waals surface area contributed by atoms with Gasteiger partial charge in [0.25, 0.3) is 0 Å². The normalized spacial score (nSPS) is 25.0. The van der Waals surface area contributed by atoms with Gasteiger partial charge in [-0.3, -0.25) is 4.99 Å². The van der Waals surface area contributed by atoms with Gasteiger partial charge in [0.1, 0.15) is 0 Å². The number of amidine groups is 1. The molecule has 44 heavy (non-hydrogen) atoms. The lowest BCUT2D eigenvalue weighted by Gasteiger charge is -2.36. The van der Waals surface area contributed by atoms with E-state index in [9.17, 15) is 26.3 Å². The van der Waals surface area contributed by atoms with Crippen LogP contribution in [0.1, 0.15) is 43.7 Å². The van der Waals surface area contributed by atoms with E-state index in [4.69, 9.17) is 32.7 Å². The summed E-state index contributed by atoms with van der Waals surface area (Å²) in [4.78, 5) is 4.00. The van der Waals surface area contributed by atoms with Crippen LogP contribution in [0.4, 0.5) is 37.7 Å². The highest BCUT2D eigenvalue weighted by atomic mass is 35.5. The molecular weight excluding hydrogens is 633 g/mol. The number of hydrogen-bond donors (Lipinski definition) is 3. The number of benzene rings is 2. The molecule has 0 spiro atoms. The van der Waals surface area contributed by atoms with E-state index in [2.05, 4.69) is 27.5 Å². The van der Waals surface area contributed by atoms with Gasteiger partial charge in [0.2, 0.25) is 11.2 Å². The van der Waals surface area contributed by atoms with Gasteiger partial charge >= 0.3 is 12.4 Å². The van der Waals surface area contributed by atoms with Crippen molar-refractivity contribution in [3.8, 4) is 0 Å². The SMILES string of the molecule is C=C1NCC(OCC2CC2)(C(F)(F)F)c2cc(Cl)ccc2N1.CC1=NCC(OCC2CC2)(C(F)(F)F)c2cc(Cl)ccc2N1. The lowest BCUT2D eigenvalue weighted by atomic mass is 9.91. The molecule has 2 unspecified atom stereocenters. The van der Waals surface area contributed by atoms with E-state index in [1.807, 2.05) is 0 Å². The van der Waals surface area contributed by atoms with E-state index in [1.165, 1.54) is 30.3 Å². The third-order valence-corrected chi connectivity index (χ3v) is 8.43. The van der Waals surface area contributed by atoms with E-state index < -0.39 is 36.6 Å². The van der Waals surface area contributed by atoms with Crippen molar-refractivity contribution in [2.45, 2.75) is 56.2 Å². The van der Waals surface area contributed by atoms with Crippen LogP contribution in [0.15, 0.2) is 53.8 Å². The van der Waals surface area contributed by atoms with Gasteiger partial charge in [-0.25, -0.2) is 0 Å². The Balaban J connectivity index is 0.000000175. The second-order valence-corrected chi connectivity index (χ2v) is 12.4. The largest absolute Gasteiger partial charge is 0.423 e. The van der Waals surface area contributed by atoms with Crippen LogP contribution in [0, 0.1) is 11.8 Å². The maximum atomic E-state index is 13.9. The van der Waals surface area contributed by atoms with Gasteiger partial charge in [-0.05, 0) is 80.8 Å². The predicted octanol–water partition coefficient (Wildman–Crippen LogP) is 8.38. The van der Waals surface area contributed by atoms with Crippen LogP contribution in [0.2, 0.25) is 10.0 Å². The number of halogens is 8. The molecule has 2 aliphatic heterocycles. The molecule has 4 aliphatic rings. The fourth-order valence-corrected chi connectivity index (χ4v) is 5.35. The molecule has 0 aromatic heterocycles. The molecule has 2 saturated carbocycles. The average Bonchev–Trinajstić information content (AvgIpc) is 3.84. The lowest BCUT2D eigenvalue weighted by molar-refractivity contribution is -0.283. The minimum atomic E-state index is -4.59. The van der Waals surface area contributed by atoms with Crippen molar-refractivity contribution in [2.75, 3.05) is 36.9 Å². The molecule has 6 nitrogen and oxygen atoms in total. The van der Waals surface area contributed by atoms with E-state index in [0.717, 1.165) is 25.7 Å². The fraction of sp³-hybridized carbons (Fsp3) is 0.500. The summed E-state index contributed by atoms with van der Waals surface area (Å²) >= 11 is 11.9. The number of aliphatic imine (C=N–C) groups is 1. The third kappa shape index (κ3) is 6.93. The number of hydrogen-bond acceptors (Lipinski definition) is 6. The molecule has 6 rings (SSSR count). The number of rotatable bonds is 6. The smallest absolute Gasteiger partial charge is 0.368 e. The van der Waals surface area contributed by atoms with Gasteiger partial charge in [0.15, 0.2) is 0 Å². The average molecular weight is 666 g/mol. The Kier molecular flexibility index (Phi) is 9.12. The predicted molar refractivity (Wildman–Crippen MR) is 158 cm³/mol. The van der Waals surface area contributed by atoms with Crippen molar-refractivity contribution in [2.24, 2.45) is 16.8 Å². The molecule has 3 N–H and O–H groups in total. The third-order valence-electron chi connectivity index (χ3n) is 7.96. The summed E-state index contributed by atoms with van der Waals surface area (Å²) in [7, 11) is 0. The summed E-state index contributed by atoms with van der Waals surface area (Å²) in [6.07, 6.45) is -5.52. The molecule has 0 saturated heterocycles. The maximum absolute atomic E-state index is 13.9. The van der Waals surface area contributed by atoms with Gasteiger partial charge < -0.3 is 25.4 Å². The number of anilines is 2. The lowest BCUT2D eigenvalue weighted by Crippen LogP contribution is -2.51. The molecule has 2 atom stereocenters. The van der Waals surface area contributed by atoms with Crippen molar-refractivity contribution in [1.29, 1.82) is 0 Å². The van der Waals surface area contributed by atoms with Crippen molar-refractivity contribution in [3.63, 3.8) is 0 Å². The second-order valence-electron chi connectivity index (χ2n) is 11.5. The highest BCUT2D eigenvalue weighted by Crippen LogP contribution is 2.49. The van der Waals surface area contributed by atoms with Crippen LogP contribution in [-0.4, -0.2) is 44.5 Å². The summed E-state index contributed by atoms with van der Waals surface area (Å²) in [5.74, 6) is 1.14. The highest BCUT2D eigenvalue weighted by Gasteiger charge is 2.60. The van der Waals surface area contributed by atoms with E-state index in [1.54, 1.807) is 13.0 Å². The van der Waals surface area contributed by atoms with Crippen molar-refractivity contribution in [3.05, 3.63) is 70.0 Å². The first kappa shape index (κ1) is 32.7. The van der Waals surface area contributed by atoms with Crippen molar-refractivity contribution < 1.29 is 35.8 Å². The Bertz CT molecular complexity index is 1420. The summed E-state index contributed by atoms with van der Waals surface area (Å²) in [6.45, 7) is 4.52. The molecule has 2 heterocycles. The molecule has 0 radical (unpaired) electrons. The Labute approximate surface area is 261 Å². The quantitative estimate of drug-likeness (QED) is 0.271. The molecule has 14 heteroatoms. The standard InChI is InChI=1S/2C15H16ClF3N2O/c2*1-9-20-8-14(15(17,18)19,22-7-10-2-3-10)12-6-11(16)4-5-13(12)21-9/h4-6,10H,2-3,7-8H2,1H3,(H,20,21);4-6,10,20-21H,1-3,7-8H2. The molecule has 0 amide bonds. The topological polar surface area (TPSA) is 66.9 Å². The van der Waals surface area contributed by atoms with Crippen molar-refractivity contribution in [1.82, 2.24) is 5.32 Å². The van der Waals surface area contributed by atoms with Crippen molar-refractivity contribution >= 4 is 40.4 Å². The fourth-order valence-electron chi connectivity index (χ4n) is 5.00. The molecule has 2 aromatic rings. The zero-order valence-corrected chi connectivity index (χ0v) is 25.3. The molecule has 2 aromatic carbocycles. The molecule has 2 aliphatic carbocycles. The Morgan fingerprint density at radius 3 is 1.80 bits per heavy atom. The Hall–Kier alpha value is -2.67. The van der Waals surface area contributed by atoms with Crippen LogP contribution in [0.25, 0.3) is 0 Å². The van der Waals surface area contributed by atoms with Gasteiger partial charge in [-0.1, -0.05) is 29.8 Å². The summed E-state index contributed by atoms with van der Waals surface area (Å²) in [5.41, 5.74) is -4.29. The number of nitrogens with zero attached hydrogens (tertiary/aromatic N) is 1. The monoisotopic (exact) mass is 664 g/mol. The zero-order chi connectivity index (χ0) is 31.9. The number of fused-ring (bicyclic) bond motifs is 2. The van der Waals surface area contributed by atoms with Crippen LogP contribution < -0.4 is 16.0 Å². The van der Waals surface area contributed by atoms with Gasteiger partial charge in [-0.2, -0.15) is 26.3 Å². The highest BCUT2D eigenvalue weighted by molar-refractivity contribution is 6.31. The first-order valence-corrected chi connectivity index (χ1v) is 14.9. The first-order chi connectivity index (χ1) is 20.6. The zero-order valence-electron chi connectivity index (χ0n) is 23.8. The Morgan fingerprint density at radius 1 is 0.818 bits per heavy atom. The van der Waals surface area contributed by atoms with E-state index in [0.29, 0.717) is 23.0 Å². The maximum Gasteiger partial charge on any atom is 0.423 e. The van der Waals surface area contributed by atoms with Crippen LogP contribution in [0.3, 0.4) is 0 Å². The molecular formula is C30H32Cl2F6N4O2. The minimum absolute atomic E-state index is 0.00579. The second kappa shape index (κ2) is 12.3. The van der Waals surface area contributed by atoms with E-state index >= 15 is 0 Å². The number of alkyl halides is 6. The Morgan fingerprint density at radius 2 is 1.30 bits per heavy atom. The molecule has 2 fully saturated rings.